The van der Waals surface area contributed by atoms with Gasteiger partial charge in [-0.25, -0.2) is 0 Å². The standard InChI is InChI=1S/C29H32N2O5/c1-19-5-10-22(11-6-19)31-27(32)16-14-24(28(31)21-9-15-25(35-3)26(17-21)36-4)29(33)30-18-20-7-12-23(34-2)13-8-20/h5-13,15,17,24,28H,14,16,18H2,1-4H3,(H,30,33). The van der Waals surface area contributed by atoms with E-state index in [-0.39, 0.29) is 18.2 Å². The van der Waals surface area contributed by atoms with Crippen molar-refractivity contribution < 1.29 is 23.8 Å². The van der Waals surface area contributed by atoms with Crippen molar-refractivity contribution in [3.8, 4) is 17.2 Å². The Balaban J connectivity index is 1.68. The lowest BCUT2D eigenvalue weighted by molar-refractivity contribution is -0.129. The first-order chi connectivity index (χ1) is 17.4. The summed E-state index contributed by atoms with van der Waals surface area (Å²) in [4.78, 5) is 28.6. The van der Waals surface area contributed by atoms with E-state index in [4.69, 9.17) is 14.2 Å². The van der Waals surface area contributed by atoms with Gasteiger partial charge in [-0.05, 0) is 60.9 Å². The molecule has 0 radical (unpaired) electrons. The number of aryl methyl sites for hydroxylation is 1. The Kier molecular flexibility index (Phi) is 7.78. The molecule has 0 bridgehead atoms. The normalized spacial score (nSPS) is 17.4. The first-order valence-corrected chi connectivity index (χ1v) is 12.0. The Hall–Kier alpha value is -4.00. The number of piperidine rings is 1. The van der Waals surface area contributed by atoms with E-state index in [1.807, 2.05) is 73.7 Å². The lowest BCUT2D eigenvalue weighted by atomic mass is 9.83. The number of nitrogens with one attached hydrogen (secondary N) is 1. The van der Waals surface area contributed by atoms with Crippen LogP contribution in [0.15, 0.2) is 66.7 Å². The van der Waals surface area contributed by atoms with Crippen LogP contribution < -0.4 is 24.4 Å². The number of nitrogens with zero attached hydrogens (tertiary/aromatic N) is 1. The minimum atomic E-state index is -0.496. The van der Waals surface area contributed by atoms with Gasteiger partial charge in [0.25, 0.3) is 0 Å². The van der Waals surface area contributed by atoms with Crippen molar-refractivity contribution in [2.24, 2.45) is 5.92 Å². The number of ether oxygens (including phenoxy) is 3. The third-order valence-electron chi connectivity index (χ3n) is 6.62. The molecule has 2 atom stereocenters. The van der Waals surface area contributed by atoms with Crippen LogP contribution in [-0.2, 0) is 16.1 Å². The molecule has 3 aromatic carbocycles. The summed E-state index contributed by atoms with van der Waals surface area (Å²) in [5, 5.41) is 3.08. The van der Waals surface area contributed by atoms with Gasteiger partial charge in [-0.3, -0.25) is 9.59 Å². The highest BCUT2D eigenvalue weighted by atomic mass is 16.5. The van der Waals surface area contributed by atoms with Gasteiger partial charge in [-0.2, -0.15) is 0 Å². The lowest BCUT2D eigenvalue weighted by Gasteiger charge is -2.41. The van der Waals surface area contributed by atoms with Crippen LogP contribution in [0.25, 0.3) is 0 Å². The van der Waals surface area contributed by atoms with Gasteiger partial charge < -0.3 is 24.4 Å². The predicted molar refractivity (Wildman–Crippen MR) is 139 cm³/mol. The fourth-order valence-corrected chi connectivity index (χ4v) is 4.66. The molecule has 1 heterocycles. The van der Waals surface area contributed by atoms with E-state index in [0.717, 1.165) is 28.1 Å². The van der Waals surface area contributed by atoms with Gasteiger partial charge in [0.15, 0.2) is 11.5 Å². The number of hydrogen-bond acceptors (Lipinski definition) is 5. The molecule has 2 amide bonds. The quantitative estimate of drug-likeness (QED) is 0.492. The Labute approximate surface area is 212 Å². The molecule has 3 aromatic rings. The van der Waals surface area contributed by atoms with Crippen molar-refractivity contribution in [2.45, 2.75) is 32.4 Å². The fourth-order valence-electron chi connectivity index (χ4n) is 4.66. The van der Waals surface area contributed by atoms with Gasteiger partial charge >= 0.3 is 0 Å². The fraction of sp³-hybridized carbons (Fsp3) is 0.310. The second-order valence-corrected chi connectivity index (χ2v) is 8.87. The number of carbonyl (C=O) groups excluding carboxylic acids is 2. The number of methoxy groups -OCH3 is 3. The number of hydrogen-bond donors (Lipinski definition) is 1. The maximum Gasteiger partial charge on any atom is 0.227 e. The van der Waals surface area contributed by atoms with E-state index >= 15 is 0 Å². The molecule has 188 valence electrons. The summed E-state index contributed by atoms with van der Waals surface area (Å²) in [5.41, 5.74) is 3.64. The van der Waals surface area contributed by atoms with Crippen molar-refractivity contribution >= 4 is 17.5 Å². The monoisotopic (exact) mass is 488 g/mol. The number of amides is 2. The van der Waals surface area contributed by atoms with Crippen LogP contribution in [0, 0.1) is 12.8 Å². The second kappa shape index (κ2) is 11.2. The zero-order valence-corrected chi connectivity index (χ0v) is 21.1. The SMILES string of the molecule is COc1ccc(CNC(=O)C2CCC(=O)N(c3ccc(C)cc3)C2c2ccc(OC)c(OC)c2)cc1. The average Bonchev–Trinajstić information content (AvgIpc) is 2.92. The van der Waals surface area contributed by atoms with Crippen LogP contribution >= 0.6 is 0 Å². The van der Waals surface area contributed by atoms with Gasteiger partial charge in [-0.15, -0.1) is 0 Å². The molecule has 0 saturated carbocycles. The number of carbonyl (C=O) groups is 2. The van der Waals surface area contributed by atoms with E-state index in [1.165, 1.54) is 0 Å². The maximum atomic E-state index is 13.6. The summed E-state index contributed by atoms with van der Waals surface area (Å²) in [5.74, 6) is 1.34. The lowest BCUT2D eigenvalue weighted by Crippen LogP contribution is -2.48. The third kappa shape index (κ3) is 5.30. The predicted octanol–water partition coefficient (Wildman–Crippen LogP) is 4.82. The van der Waals surface area contributed by atoms with E-state index in [9.17, 15) is 9.59 Å². The molecule has 4 rings (SSSR count). The van der Waals surface area contributed by atoms with Gasteiger partial charge in [0.2, 0.25) is 11.8 Å². The minimum absolute atomic E-state index is 0.0159. The molecule has 1 N–H and O–H groups in total. The van der Waals surface area contributed by atoms with Crippen LogP contribution in [0.2, 0.25) is 0 Å². The van der Waals surface area contributed by atoms with Crippen molar-refractivity contribution in [1.29, 1.82) is 0 Å². The summed E-state index contributed by atoms with van der Waals surface area (Å²) < 4.78 is 16.2. The average molecular weight is 489 g/mol. The minimum Gasteiger partial charge on any atom is -0.497 e. The van der Waals surface area contributed by atoms with Gasteiger partial charge in [-0.1, -0.05) is 35.9 Å². The highest BCUT2D eigenvalue weighted by Gasteiger charge is 2.41. The van der Waals surface area contributed by atoms with E-state index in [2.05, 4.69) is 5.32 Å². The van der Waals surface area contributed by atoms with Gasteiger partial charge in [0.05, 0.1) is 33.3 Å². The molecule has 1 fully saturated rings. The highest BCUT2D eigenvalue weighted by molar-refractivity contribution is 5.97. The molecule has 1 aliphatic rings. The van der Waals surface area contributed by atoms with Crippen molar-refractivity contribution in [2.75, 3.05) is 26.2 Å². The molecule has 2 unspecified atom stereocenters. The number of anilines is 1. The Morgan fingerprint density at radius 1 is 0.917 bits per heavy atom. The largest absolute Gasteiger partial charge is 0.497 e. The van der Waals surface area contributed by atoms with Gasteiger partial charge in [0.1, 0.15) is 5.75 Å². The van der Waals surface area contributed by atoms with Crippen LogP contribution in [0.4, 0.5) is 5.69 Å². The smallest absolute Gasteiger partial charge is 0.227 e. The Morgan fingerprint density at radius 3 is 2.25 bits per heavy atom. The Morgan fingerprint density at radius 2 is 1.61 bits per heavy atom. The molecule has 0 spiro atoms. The van der Waals surface area contributed by atoms with Crippen LogP contribution in [0.1, 0.15) is 35.6 Å². The topological polar surface area (TPSA) is 77.1 Å². The number of benzene rings is 3. The molecular weight excluding hydrogens is 456 g/mol. The van der Waals surface area contributed by atoms with Crippen molar-refractivity contribution in [1.82, 2.24) is 5.32 Å². The molecule has 1 aliphatic heterocycles. The van der Waals surface area contributed by atoms with Gasteiger partial charge in [0, 0.05) is 18.7 Å². The molecule has 0 aliphatic carbocycles. The molecular formula is C29H32N2O5. The highest BCUT2D eigenvalue weighted by Crippen LogP contribution is 2.42. The first kappa shape index (κ1) is 25.1. The first-order valence-electron chi connectivity index (χ1n) is 12.0. The summed E-state index contributed by atoms with van der Waals surface area (Å²) >= 11 is 0. The zero-order valence-electron chi connectivity index (χ0n) is 21.1. The summed E-state index contributed by atoms with van der Waals surface area (Å²) in [6.45, 7) is 2.39. The summed E-state index contributed by atoms with van der Waals surface area (Å²) in [6, 6.07) is 20.5. The Bertz CT molecular complexity index is 1210. The summed E-state index contributed by atoms with van der Waals surface area (Å²) in [6.07, 6.45) is 0.743. The number of rotatable bonds is 8. The van der Waals surface area contributed by atoms with E-state index in [0.29, 0.717) is 24.5 Å². The molecule has 0 aromatic heterocycles. The van der Waals surface area contributed by atoms with E-state index in [1.54, 1.807) is 26.2 Å². The van der Waals surface area contributed by atoms with Crippen LogP contribution in [0.3, 0.4) is 0 Å². The molecule has 1 saturated heterocycles. The third-order valence-corrected chi connectivity index (χ3v) is 6.62. The second-order valence-electron chi connectivity index (χ2n) is 8.87. The maximum absolute atomic E-state index is 13.6. The van der Waals surface area contributed by atoms with Crippen LogP contribution in [-0.4, -0.2) is 33.1 Å². The zero-order chi connectivity index (χ0) is 25.7. The molecule has 7 nitrogen and oxygen atoms in total. The van der Waals surface area contributed by atoms with Crippen LogP contribution in [0.5, 0.6) is 17.2 Å². The van der Waals surface area contributed by atoms with Crippen molar-refractivity contribution in [3.05, 3.63) is 83.4 Å². The molecule has 36 heavy (non-hydrogen) atoms. The molecule has 7 heteroatoms. The van der Waals surface area contributed by atoms with E-state index < -0.39 is 12.0 Å². The summed E-state index contributed by atoms with van der Waals surface area (Å²) in [7, 11) is 4.77. The van der Waals surface area contributed by atoms with Crippen molar-refractivity contribution in [3.63, 3.8) is 0 Å².